The fourth-order valence-electron chi connectivity index (χ4n) is 2.76. The second-order valence-electron chi connectivity index (χ2n) is 5.16. The summed E-state index contributed by atoms with van der Waals surface area (Å²) in [6.45, 7) is 4.34. The summed E-state index contributed by atoms with van der Waals surface area (Å²) < 4.78 is 0. The maximum atomic E-state index is 6.48. The van der Waals surface area contributed by atoms with Crippen LogP contribution in [-0.4, -0.2) is 21.7 Å². The maximum absolute atomic E-state index is 6.48. The molecule has 18 heavy (non-hydrogen) atoms. The Labute approximate surface area is 117 Å². The Bertz CT molecular complexity index is 550. The van der Waals surface area contributed by atoms with Gasteiger partial charge in [0.05, 0.1) is 16.6 Å². The van der Waals surface area contributed by atoms with E-state index < -0.39 is 0 Å². The van der Waals surface area contributed by atoms with Crippen LogP contribution in [0.5, 0.6) is 0 Å². The Kier molecular flexibility index (Phi) is 2.68. The van der Waals surface area contributed by atoms with Gasteiger partial charge in [0.15, 0.2) is 0 Å². The Balaban J connectivity index is 2.19. The molecule has 0 saturated carbocycles. The van der Waals surface area contributed by atoms with Crippen molar-refractivity contribution in [1.82, 2.24) is 4.90 Å². The van der Waals surface area contributed by atoms with Crippen LogP contribution in [0, 0.1) is 0 Å². The van der Waals surface area contributed by atoms with Gasteiger partial charge in [-0.2, -0.15) is 0 Å². The van der Waals surface area contributed by atoms with E-state index in [1.807, 2.05) is 30.5 Å². The molecule has 2 nitrogen and oxygen atoms in total. The summed E-state index contributed by atoms with van der Waals surface area (Å²) in [6.07, 6.45) is 10.7. The summed E-state index contributed by atoms with van der Waals surface area (Å²) in [5.74, 6) is 0.938. The SMILES string of the molecule is CC1(C)C2=C(C=C(Cl)CC2Cl)N=C2C=CC=CN21. The third-order valence-corrected chi connectivity index (χ3v) is 4.23. The number of halogens is 2. The van der Waals surface area contributed by atoms with E-state index in [0.717, 1.165) is 22.1 Å². The van der Waals surface area contributed by atoms with Gasteiger partial charge in [-0.25, -0.2) is 4.99 Å². The molecule has 3 rings (SSSR count). The van der Waals surface area contributed by atoms with Crippen molar-refractivity contribution in [3.8, 4) is 0 Å². The van der Waals surface area contributed by atoms with Crippen molar-refractivity contribution in [1.29, 1.82) is 0 Å². The molecule has 0 amide bonds. The average molecular weight is 281 g/mol. The minimum Gasteiger partial charge on any atom is -0.324 e. The highest BCUT2D eigenvalue weighted by atomic mass is 35.5. The number of nitrogens with zero attached hydrogens (tertiary/aromatic N) is 2. The van der Waals surface area contributed by atoms with Crippen LogP contribution in [0.1, 0.15) is 20.3 Å². The van der Waals surface area contributed by atoms with Crippen molar-refractivity contribution in [2.24, 2.45) is 4.99 Å². The second-order valence-corrected chi connectivity index (χ2v) is 6.17. The van der Waals surface area contributed by atoms with Crippen LogP contribution in [0.15, 0.2) is 51.8 Å². The van der Waals surface area contributed by atoms with Crippen LogP contribution in [0.2, 0.25) is 0 Å². The topological polar surface area (TPSA) is 15.6 Å². The highest BCUT2D eigenvalue weighted by molar-refractivity contribution is 6.31. The minimum atomic E-state index is -0.172. The number of fused-ring (bicyclic) bond motifs is 1. The summed E-state index contributed by atoms with van der Waals surface area (Å²) in [7, 11) is 0. The van der Waals surface area contributed by atoms with Gasteiger partial charge in [0, 0.05) is 17.7 Å². The number of hydrogen-bond acceptors (Lipinski definition) is 2. The molecule has 1 unspecified atom stereocenters. The van der Waals surface area contributed by atoms with E-state index in [4.69, 9.17) is 23.2 Å². The van der Waals surface area contributed by atoms with Crippen LogP contribution < -0.4 is 0 Å². The van der Waals surface area contributed by atoms with Crippen LogP contribution in [0.25, 0.3) is 0 Å². The third kappa shape index (κ3) is 1.67. The standard InChI is InChI=1S/C14H14Cl2N2/c1-14(2)13-10(16)7-9(15)8-11(13)17-12-5-3-4-6-18(12)14/h3-6,8,10H,7H2,1-2H3. The molecule has 0 radical (unpaired) electrons. The van der Waals surface area contributed by atoms with Gasteiger partial charge in [0.25, 0.3) is 0 Å². The molecular weight excluding hydrogens is 267 g/mol. The lowest BCUT2D eigenvalue weighted by Gasteiger charge is -2.46. The number of alkyl halides is 1. The number of hydrogen-bond donors (Lipinski definition) is 0. The summed E-state index contributed by atoms with van der Waals surface area (Å²) in [5, 5.41) is 0.690. The molecule has 0 aromatic rings. The molecule has 3 aliphatic rings. The van der Waals surface area contributed by atoms with Gasteiger partial charge in [-0.3, -0.25) is 0 Å². The first kappa shape index (κ1) is 12.1. The molecule has 4 heteroatoms. The van der Waals surface area contributed by atoms with Crippen molar-refractivity contribution < 1.29 is 0 Å². The lowest BCUT2D eigenvalue weighted by molar-refractivity contribution is 0.317. The molecule has 0 spiro atoms. The largest absolute Gasteiger partial charge is 0.324 e. The van der Waals surface area contributed by atoms with E-state index in [1.165, 1.54) is 0 Å². The fraction of sp³-hybridized carbons (Fsp3) is 0.357. The molecule has 0 bridgehead atoms. The van der Waals surface area contributed by atoms with Gasteiger partial charge in [-0.05, 0) is 37.6 Å². The van der Waals surface area contributed by atoms with E-state index in [-0.39, 0.29) is 10.9 Å². The zero-order valence-electron chi connectivity index (χ0n) is 10.3. The van der Waals surface area contributed by atoms with E-state index in [2.05, 4.69) is 23.7 Å². The van der Waals surface area contributed by atoms with Gasteiger partial charge in [-0.15, -0.1) is 11.6 Å². The van der Waals surface area contributed by atoms with Crippen molar-refractivity contribution in [3.63, 3.8) is 0 Å². The Morgan fingerprint density at radius 1 is 1.39 bits per heavy atom. The molecule has 2 heterocycles. The molecule has 1 atom stereocenters. The highest BCUT2D eigenvalue weighted by Crippen LogP contribution is 2.42. The first-order valence-electron chi connectivity index (χ1n) is 5.98. The fourth-order valence-corrected chi connectivity index (χ4v) is 3.64. The summed E-state index contributed by atoms with van der Waals surface area (Å²) >= 11 is 12.6. The van der Waals surface area contributed by atoms with E-state index in [1.54, 1.807) is 0 Å². The molecule has 0 saturated heterocycles. The van der Waals surface area contributed by atoms with E-state index in [0.29, 0.717) is 6.42 Å². The van der Waals surface area contributed by atoms with Crippen LogP contribution in [0.4, 0.5) is 0 Å². The highest BCUT2D eigenvalue weighted by Gasteiger charge is 2.41. The Hall–Kier alpha value is -0.990. The molecular formula is C14H14Cl2N2. The first-order valence-corrected chi connectivity index (χ1v) is 6.79. The number of amidine groups is 1. The number of allylic oxidation sites excluding steroid dienone is 4. The quantitative estimate of drug-likeness (QED) is 0.614. The average Bonchev–Trinajstić information content (AvgIpc) is 2.27. The minimum absolute atomic E-state index is 0.0860. The summed E-state index contributed by atoms with van der Waals surface area (Å²) in [6, 6.07) is 0. The molecule has 0 fully saturated rings. The van der Waals surface area contributed by atoms with Gasteiger partial charge in [0.2, 0.25) is 0 Å². The van der Waals surface area contributed by atoms with Crippen molar-refractivity contribution in [2.45, 2.75) is 31.2 Å². The molecule has 0 aromatic heterocycles. The van der Waals surface area contributed by atoms with Crippen molar-refractivity contribution >= 4 is 29.0 Å². The monoisotopic (exact) mass is 280 g/mol. The molecule has 94 valence electrons. The molecule has 0 aromatic carbocycles. The first-order chi connectivity index (χ1) is 8.50. The predicted molar refractivity (Wildman–Crippen MR) is 76.9 cm³/mol. The normalized spacial score (nSPS) is 28.7. The smallest absolute Gasteiger partial charge is 0.133 e. The van der Waals surface area contributed by atoms with E-state index >= 15 is 0 Å². The molecule has 1 aliphatic carbocycles. The Morgan fingerprint density at radius 2 is 2.17 bits per heavy atom. The zero-order valence-corrected chi connectivity index (χ0v) is 11.8. The zero-order chi connectivity index (χ0) is 12.9. The summed E-state index contributed by atoms with van der Waals surface area (Å²) in [5.41, 5.74) is 1.90. The van der Waals surface area contributed by atoms with Crippen LogP contribution >= 0.6 is 23.2 Å². The number of rotatable bonds is 0. The van der Waals surface area contributed by atoms with Crippen LogP contribution in [0.3, 0.4) is 0 Å². The van der Waals surface area contributed by atoms with Gasteiger partial charge >= 0.3 is 0 Å². The van der Waals surface area contributed by atoms with Gasteiger partial charge in [0.1, 0.15) is 5.84 Å². The van der Waals surface area contributed by atoms with Gasteiger partial charge in [-0.1, -0.05) is 17.7 Å². The molecule has 0 N–H and O–H groups in total. The van der Waals surface area contributed by atoms with E-state index in [9.17, 15) is 0 Å². The van der Waals surface area contributed by atoms with Crippen molar-refractivity contribution in [3.05, 3.63) is 46.8 Å². The predicted octanol–water partition coefficient (Wildman–Crippen LogP) is 3.95. The third-order valence-electron chi connectivity index (χ3n) is 3.59. The Morgan fingerprint density at radius 3 is 2.94 bits per heavy atom. The number of aliphatic imine (C=N–C) groups is 1. The maximum Gasteiger partial charge on any atom is 0.133 e. The molecule has 2 aliphatic heterocycles. The summed E-state index contributed by atoms with van der Waals surface area (Å²) in [4.78, 5) is 6.82. The van der Waals surface area contributed by atoms with Gasteiger partial charge < -0.3 is 4.90 Å². The lowest BCUT2D eigenvalue weighted by atomic mass is 9.82. The second kappa shape index (κ2) is 4.01. The van der Waals surface area contributed by atoms with Crippen molar-refractivity contribution in [2.75, 3.05) is 0 Å². The lowest BCUT2D eigenvalue weighted by Crippen LogP contribution is -2.50. The van der Waals surface area contributed by atoms with Crippen LogP contribution in [-0.2, 0) is 0 Å².